The summed E-state index contributed by atoms with van der Waals surface area (Å²) in [5.41, 5.74) is 2.66. The molecule has 0 bridgehead atoms. The fourth-order valence-electron chi connectivity index (χ4n) is 5.87. The van der Waals surface area contributed by atoms with Crippen LogP contribution in [0.2, 0.25) is 0 Å². The van der Waals surface area contributed by atoms with Crippen molar-refractivity contribution in [3.8, 4) is 11.5 Å². The Balaban J connectivity index is 1.43. The van der Waals surface area contributed by atoms with Crippen LogP contribution in [0.3, 0.4) is 0 Å². The van der Waals surface area contributed by atoms with E-state index in [0.29, 0.717) is 22.7 Å². The van der Waals surface area contributed by atoms with Gasteiger partial charge in [-0.3, -0.25) is 19.2 Å². The number of ether oxygens (including phenoxy) is 2. The molecule has 0 aromatic heterocycles. The molecule has 3 aliphatic heterocycles. The Kier molecular flexibility index (Phi) is 5.60. The summed E-state index contributed by atoms with van der Waals surface area (Å²) in [4.78, 5) is 56.2. The molecule has 2 saturated heterocycles. The first-order chi connectivity index (χ1) is 18.4. The number of methoxy groups -OCH3 is 1. The average molecular weight is 509 g/mol. The van der Waals surface area contributed by atoms with Crippen molar-refractivity contribution in [3.63, 3.8) is 0 Å². The van der Waals surface area contributed by atoms with Gasteiger partial charge in [0.05, 0.1) is 30.7 Å². The van der Waals surface area contributed by atoms with Crippen molar-refractivity contribution in [1.82, 2.24) is 4.90 Å². The standard InChI is InChI=1S/C30H24N2O6/c1-17(33)38-22-11-7-19(8-12-22)28(34)27-25-24(26-23-6-4-3-5-18(23)15-16-31(26)27)29(35)32(30(25)36)20-9-13-21(37-2)14-10-20/h3-16,24-27H,1-2H3/t24-,25+,26-,27-/m0/s1. The van der Waals surface area contributed by atoms with Crippen molar-refractivity contribution >= 4 is 35.3 Å². The van der Waals surface area contributed by atoms with Gasteiger partial charge in [0.2, 0.25) is 11.8 Å². The fraction of sp³-hybridized carbons (Fsp3) is 0.200. The summed E-state index contributed by atoms with van der Waals surface area (Å²) in [6.45, 7) is 1.30. The van der Waals surface area contributed by atoms with E-state index in [2.05, 4.69) is 0 Å². The zero-order valence-electron chi connectivity index (χ0n) is 20.7. The lowest BCUT2D eigenvalue weighted by molar-refractivity contribution is -0.132. The molecule has 2 fully saturated rings. The van der Waals surface area contributed by atoms with Crippen LogP contribution in [0.4, 0.5) is 5.69 Å². The third-order valence-corrected chi connectivity index (χ3v) is 7.46. The van der Waals surface area contributed by atoms with Crippen LogP contribution in [0.5, 0.6) is 11.5 Å². The molecule has 0 saturated carbocycles. The highest BCUT2D eigenvalue weighted by Crippen LogP contribution is 2.53. The molecule has 3 aromatic rings. The van der Waals surface area contributed by atoms with E-state index in [1.165, 1.54) is 11.8 Å². The molecular weight excluding hydrogens is 484 g/mol. The van der Waals surface area contributed by atoms with Crippen LogP contribution >= 0.6 is 0 Å². The monoisotopic (exact) mass is 508 g/mol. The Labute approximate surface area is 219 Å². The SMILES string of the molecule is COc1ccc(N2C(=O)[C@@H]3[C@H](C2=O)[C@@H]2c4ccccc4C=CN2[C@@H]3C(=O)c2ccc(OC(C)=O)cc2)cc1. The lowest BCUT2D eigenvalue weighted by Crippen LogP contribution is -2.44. The second kappa shape index (κ2) is 8.99. The maximum absolute atomic E-state index is 14.0. The van der Waals surface area contributed by atoms with Crippen LogP contribution in [0.1, 0.15) is 34.5 Å². The van der Waals surface area contributed by atoms with Gasteiger partial charge in [-0.2, -0.15) is 0 Å². The fourth-order valence-corrected chi connectivity index (χ4v) is 5.87. The number of carbonyl (C=O) groups excluding carboxylic acids is 4. The quantitative estimate of drug-likeness (QED) is 0.222. The molecule has 0 unspecified atom stereocenters. The molecule has 0 radical (unpaired) electrons. The van der Waals surface area contributed by atoms with E-state index in [0.717, 1.165) is 11.1 Å². The molecule has 2 amide bonds. The van der Waals surface area contributed by atoms with Gasteiger partial charge in [0.15, 0.2) is 5.78 Å². The van der Waals surface area contributed by atoms with Crippen molar-refractivity contribution in [2.45, 2.75) is 19.0 Å². The number of anilines is 1. The van der Waals surface area contributed by atoms with Gasteiger partial charge in [-0.05, 0) is 65.7 Å². The lowest BCUT2D eigenvalue weighted by atomic mass is 9.83. The molecule has 0 spiro atoms. The van der Waals surface area contributed by atoms with E-state index in [-0.39, 0.29) is 11.7 Å². The van der Waals surface area contributed by atoms with Gasteiger partial charge in [-0.1, -0.05) is 24.3 Å². The van der Waals surface area contributed by atoms with Gasteiger partial charge in [-0.15, -0.1) is 0 Å². The third-order valence-electron chi connectivity index (χ3n) is 7.46. The Bertz CT molecular complexity index is 1490. The minimum absolute atomic E-state index is 0.279. The van der Waals surface area contributed by atoms with Crippen LogP contribution in [0.25, 0.3) is 6.08 Å². The van der Waals surface area contributed by atoms with E-state index in [1.807, 2.05) is 41.4 Å². The molecular formula is C30H24N2O6. The van der Waals surface area contributed by atoms with Crippen LogP contribution in [-0.2, 0) is 14.4 Å². The normalized spacial score (nSPS) is 23.1. The van der Waals surface area contributed by atoms with E-state index >= 15 is 0 Å². The topological polar surface area (TPSA) is 93.2 Å². The molecule has 3 aromatic carbocycles. The van der Waals surface area contributed by atoms with Gasteiger partial charge in [0, 0.05) is 18.7 Å². The Morgan fingerprint density at radius 3 is 2.16 bits per heavy atom. The number of Topliss-reactive ketones (excluding diaryl/α,β-unsaturated/α-hetero) is 1. The first-order valence-electron chi connectivity index (χ1n) is 12.3. The van der Waals surface area contributed by atoms with Gasteiger partial charge >= 0.3 is 5.97 Å². The molecule has 190 valence electrons. The number of carbonyl (C=O) groups is 4. The summed E-state index contributed by atoms with van der Waals surface area (Å²) in [5.74, 6) is -2.14. The third kappa shape index (κ3) is 3.60. The first kappa shape index (κ1) is 23.7. The van der Waals surface area contributed by atoms with Crippen molar-refractivity contribution in [2.24, 2.45) is 11.8 Å². The molecule has 3 heterocycles. The maximum atomic E-state index is 14.0. The van der Waals surface area contributed by atoms with E-state index in [9.17, 15) is 19.2 Å². The maximum Gasteiger partial charge on any atom is 0.308 e. The van der Waals surface area contributed by atoms with Crippen molar-refractivity contribution in [1.29, 1.82) is 0 Å². The second-order valence-corrected chi connectivity index (χ2v) is 9.53. The zero-order chi connectivity index (χ0) is 26.6. The number of hydrogen-bond acceptors (Lipinski definition) is 7. The van der Waals surface area contributed by atoms with Crippen molar-refractivity contribution < 1.29 is 28.7 Å². The highest BCUT2D eigenvalue weighted by Gasteiger charge is 2.64. The van der Waals surface area contributed by atoms with Gasteiger partial charge < -0.3 is 14.4 Å². The minimum Gasteiger partial charge on any atom is -0.497 e. The number of fused-ring (bicyclic) bond motifs is 5. The first-order valence-corrected chi connectivity index (χ1v) is 12.3. The number of esters is 1. The summed E-state index contributed by atoms with van der Waals surface area (Å²) in [6.07, 6.45) is 3.73. The summed E-state index contributed by atoms with van der Waals surface area (Å²) in [6, 6.07) is 19.4. The van der Waals surface area contributed by atoms with Gasteiger partial charge in [0.1, 0.15) is 17.5 Å². The summed E-state index contributed by atoms with van der Waals surface area (Å²) in [5, 5.41) is 0. The molecule has 8 nitrogen and oxygen atoms in total. The Morgan fingerprint density at radius 1 is 0.816 bits per heavy atom. The molecule has 3 aliphatic rings. The van der Waals surface area contributed by atoms with E-state index in [1.54, 1.807) is 55.6 Å². The second-order valence-electron chi connectivity index (χ2n) is 9.53. The molecule has 38 heavy (non-hydrogen) atoms. The molecule has 0 aliphatic carbocycles. The minimum atomic E-state index is -0.881. The molecule has 8 heteroatoms. The van der Waals surface area contributed by atoms with E-state index in [4.69, 9.17) is 9.47 Å². The van der Waals surface area contributed by atoms with Gasteiger partial charge in [-0.25, -0.2) is 4.90 Å². The van der Waals surface area contributed by atoms with Crippen molar-refractivity contribution in [2.75, 3.05) is 12.0 Å². The number of hydrogen-bond donors (Lipinski definition) is 0. The highest BCUT2D eigenvalue weighted by molar-refractivity contribution is 6.24. The lowest BCUT2D eigenvalue weighted by Gasteiger charge is -2.35. The van der Waals surface area contributed by atoms with Crippen molar-refractivity contribution in [3.05, 3.63) is 95.7 Å². The van der Waals surface area contributed by atoms with E-state index < -0.39 is 35.8 Å². The number of benzene rings is 3. The molecule has 6 rings (SSSR count). The Hall–Kier alpha value is -4.72. The van der Waals surface area contributed by atoms with Crippen LogP contribution in [0, 0.1) is 11.8 Å². The average Bonchev–Trinajstić information content (AvgIpc) is 3.40. The summed E-state index contributed by atoms with van der Waals surface area (Å²) in [7, 11) is 1.54. The number of imide groups is 1. The number of rotatable bonds is 5. The van der Waals surface area contributed by atoms with Crippen LogP contribution < -0.4 is 14.4 Å². The largest absolute Gasteiger partial charge is 0.497 e. The summed E-state index contributed by atoms with van der Waals surface area (Å²) >= 11 is 0. The number of nitrogens with zero attached hydrogens (tertiary/aromatic N) is 2. The summed E-state index contributed by atoms with van der Waals surface area (Å²) < 4.78 is 10.3. The zero-order valence-corrected chi connectivity index (χ0v) is 20.7. The molecule has 0 N–H and O–H groups in total. The number of amides is 2. The highest BCUT2D eigenvalue weighted by atomic mass is 16.5. The van der Waals surface area contributed by atoms with Gasteiger partial charge in [0.25, 0.3) is 0 Å². The predicted octanol–water partition coefficient (Wildman–Crippen LogP) is 4.02. The smallest absolute Gasteiger partial charge is 0.308 e. The Morgan fingerprint density at radius 2 is 1.47 bits per heavy atom. The number of ketones is 1. The predicted molar refractivity (Wildman–Crippen MR) is 138 cm³/mol. The van der Waals surface area contributed by atoms with Crippen LogP contribution in [0.15, 0.2) is 79.0 Å². The van der Waals surface area contributed by atoms with Crippen LogP contribution in [-0.4, -0.2) is 41.6 Å². The molecule has 4 atom stereocenters.